The zero-order chi connectivity index (χ0) is 14.1. The minimum Gasteiger partial charge on any atom is -0.456 e. The van der Waals surface area contributed by atoms with E-state index in [0.717, 1.165) is 24.0 Å². The number of hydrogen-bond donors (Lipinski definition) is 0. The predicted molar refractivity (Wildman–Crippen MR) is 86.3 cm³/mol. The second-order valence-corrected chi connectivity index (χ2v) is 5.52. The van der Waals surface area contributed by atoms with Gasteiger partial charge in [-0.1, -0.05) is 43.3 Å². The van der Waals surface area contributed by atoms with E-state index in [-0.39, 0.29) is 0 Å². The molecule has 0 amide bonds. The molecule has 0 radical (unpaired) electrons. The van der Waals surface area contributed by atoms with Gasteiger partial charge in [-0.2, -0.15) is 0 Å². The van der Waals surface area contributed by atoms with Gasteiger partial charge in [0.2, 0.25) is 0 Å². The van der Waals surface area contributed by atoms with Gasteiger partial charge in [0, 0.05) is 10.8 Å². The first kappa shape index (κ1) is 13.0. The van der Waals surface area contributed by atoms with Crippen molar-refractivity contribution in [3.63, 3.8) is 0 Å². The van der Waals surface area contributed by atoms with Crippen LogP contribution in [0.5, 0.6) is 0 Å². The molecular formula is C19H20O. The Morgan fingerprint density at radius 1 is 1.15 bits per heavy atom. The Labute approximate surface area is 119 Å². The van der Waals surface area contributed by atoms with Gasteiger partial charge in [-0.15, -0.1) is 6.58 Å². The van der Waals surface area contributed by atoms with Crippen molar-refractivity contribution in [1.29, 1.82) is 0 Å². The Kier molecular flexibility index (Phi) is 3.35. The minimum absolute atomic E-state index is 0.533. The highest BCUT2D eigenvalue weighted by Crippen LogP contribution is 2.35. The molecule has 1 nitrogen and oxygen atoms in total. The number of furan rings is 1. The number of aryl methyl sites for hydroxylation is 1. The van der Waals surface area contributed by atoms with Gasteiger partial charge in [-0.05, 0) is 42.9 Å². The number of fused-ring (bicyclic) bond motifs is 3. The molecule has 2 aromatic carbocycles. The summed E-state index contributed by atoms with van der Waals surface area (Å²) in [6, 6.07) is 12.7. The van der Waals surface area contributed by atoms with Gasteiger partial charge in [-0.25, -0.2) is 0 Å². The zero-order valence-corrected chi connectivity index (χ0v) is 12.1. The third-order valence-electron chi connectivity index (χ3n) is 4.17. The van der Waals surface area contributed by atoms with Crippen LogP contribution >= 0.6 is 0 Å². The summed E-state index contributed by atoms with van der Waals surface area (Å²) in [6.45, 7) is 8.26. The molecule has 1 heterocycles. The highest BCUT2D eigenvalue weighted by molar-refractivity contribution is 6.06. The Morgan fingerprint density at radius 2 is 1.95 bits per heavy atom. The summed E-state index contributed by atoms with van der Waals surface area (Å²) < 4.78 is 6.06. The van der Waals surface area contributed by atoms with Gasteiger partial charge in [0.1, 0.15) is 11.2 Å². The van der Waals surface area contributed by atoms with Crippen molar-refractivity contribution in [1.82, 2.24) is 0 Å². The Hall–Kier alpha value is -2.02. The summed E-state index contributed by atoms with van der Waals surface area (Å²) in [7, 11) is 0. The summed E-state index contributed by atoms with van der Waals surface area (Å²) in [6.07, 6.45) is 4.18. The van der Waals surface area contributed by atoms with E-state index in [9.17, 15) is 0 Å². The molecule has 0 N–H and O–H groups in total. The summed E-state index contributed by atoms with van der Waals surface area (Å²) in [5.74, 6) is 0.533. The standard InChI is InChI=1S/C19H20O/c1-4-5-8-13(2)15-11-12-17-16-9-6-7-10-18(16)20-19(17)14(15)3/h4,6-7,9-13H,1,5,8H2,2-3H3/t13-/m0/s1. The molecule has 1 aromatic heterocycles. The van der Waals surface area contributed by atoms with Gasteiger partial charge in [-0.3, -0.25) is 0 Å². The first-order valence-corrected chi connectivity index (χ1v) is 7.24. The lowest BCUT2D eigenvalue weighted by atomic mass is 9.91. The van der Waals surface area contributed by atoms with Crippen molar-refractivity contribution in [2.24, 2.45) is 0 Å². The third-order valence-corrected chi connectivity index (χ3v) is 4.17. The first-order valence-electron chi connectivity index (χ1n) is 7.24. The topological polar surface area (TPSA) is 13.1 Å². The minimum atomic E-state index is 0.533. The zero-order valence-electron chi connectivity index (χ0n) is 12.1. The van der Waals surface area contributed by atoms with Crippen molar-refractivity contribution < 1.29 is 4.42 Å². The monoisotopic (exact) mass is 264 g/mol. The number of benzene rings is 2. The predicted octanol–water partition coefficient (Wildman–Crippen LogP) is 5.96. The highest BCUT2D eigenvalue weighted by Gasteiger charge is 2.14. The number of para-hydroxylation sites is 1. The van der Waals surface area contributed by atoms with Crippen molar-refractivity contribution in [2.45, 2.75) is 32.6 Å². The molecule has 3 rings (SSSR count). The number of rotatable bonds is 4. The van der Waals surface area contributed by atoms with Crippen LogP contribution in [-0.2, 0) is 0 Å². The van der Waals surface area contributed by atoms with E-state index in [2.05, 4.69) is 44.7 Å². The Morgan fingerprint density at radius 3 is 2.75 bits per heavy atom. The lowest BCUT2D eigenvalue weighted by Crippen LogP contribution is -1.96. The van der Waals surface area contributed by atoms with E-state index in [1.54, 1.807) is 0 Å². The fourth-order valence-electron chi connectivity index (χ4n) is 3.00. The molecule has 0 spiro atoms. The van der Waals surface area contributed by atoms with E-state index in [0.29, 0.717) is 5.92 Å². The molecule has 20 heavy (non-hydrogen) atoms. The smallest absolute Gasteiger partial charge is 0.138 e. The molecular weight excluding hydrogens is 244 g/mol. The maximum Gasteiger partial charge on any atom is 0.138 e. The number of allylic oxidation sites excluding steroid dienone is 1. The second kappa shape index (κ2) is 5.16. The summed E-state index contributed by atoms with van der Waals surface area (Å²) in [5.41, 5.74) is 4.67. The molecule has 0 saturated heterocycles. The Bertz CT molecular complexity index is 764. The van der Waals surface area contributed by atoms with Crippen molar-refractivity contribution in [3.05, 3.63) is 60.2 Å². The van der Waals surface area contributed by atoms with Gasteiger partial charge in [0.05, 0.1) is 0 Å². The maximum absolute atomic E-state index is 6.06. The second-order valence-electron chi connectivity index (χ2n) is 5.52. The van der Waals surface area contributed by atoms with Crippen LogP contribution in [0.3, 0.4) is 0 Å². The van der Waals surface area contributed by atoms with Gasteiger partial charge < -0.3 is 4.42 Å². The fourth-order valence-corrected chi connectivity index (χ4v) is 3.00. The molecule has 1 heteroatoms. The van der Waals surface area contributed by atoms with E-state index in [1.165, 1.54) is 21.9 Å². The van der Waals surface area contributed by atoms with Crippen LogP contribution in [0.25, 0.3) is 21.9 Å². The largest absolute Gasteiger partial charge is 0.456 e. The summed E-state index contributed by atoms with van der Waals surface area (Å²) in [4.78, 5) is 0. The molecule has 0 aliphatic carbocycles. The molecule has 0 unspecified atom stereocenters. The first-order chi connectivity index (χ1) is 9.72. The number of hydrogen-bond acceptors (Lipinski definition) is 1. The summed E-state index contributed by atoms with van der Waals surface area (Å²) >= 11 is 0. The lowest BCUT2D eigenvalue weighted by molar-refractivity contribution is 0.655. The van der Waals surface area contributed by atoms with Crippen LogP contribution < -0.4 is 0 Å². The molecule has 1 atom stereocenters. The SMILES string of the molecule is C=CCC[C@H](C)c1ccc2c(oc3ccccc32)c1C. The summed E-state index contributed by atoms with van der Waals surface area (Å²) in [5, 5.41) is 2.42. The molecule has 0 aliphatic rings. The van der Waals surface area contributed by atoms with Crippen LogP contribution in [0, 0.1) is 6.92 Å². The molecule has 0 bridgehead atoms. The maximum atomic E-state index is 6.06. The van der Waals surface area contributed by atoms with E-state index >= 15 is 0 Å². The van der Waals surface area contributed by atoms with E-state index in [4.69, 9.17) is 4.42 Å². The Balaban J connectivity index is 2.15. The molecule has 102 valence electrons. The lowest BCUT2D eigenvalue weighted by Gasteiger charge is -2.13. The van der Waals surface area contributed by atoms with Crippen molar-refractivity contribution in [3.8, 4) is 0 Å². The van der Waals surface area contributed by atoms with Crippen LogP contribution in [0.1, 0.15) is 36.8 Å². The van der Waals surface area contributed by atoms with Gasteiger partial charge >= 0.3 is 0 Å². The molecule has 0 fully saturated rings. The molecule has 0 aliphatic heterocycles. The highest BCUT2D eigenvalue weighted by atomic mass is 16.3. The van der Waals surface area contributed by atoms with Crippen molar-refractivity contribution >= 4 is 21.9 Å². The van der Waals surface area contributed by atoms with E-state index < -0.39 is 0 Å². The fraction of sp³-hybridized carbons (Fsp3) is 0.263. The van der Waals surface area contributed by atoms with Crippen LogP contribution in [0.2, 0.25) is 0 Å². The van der Waals surface area contributed by atoms with Crippen molar-refractivity contribution in [2.75, 3.05) is 0 Å². The van der Waals surface area contributed by atoms with Gasteiger partial charge in [0.15, 0.2) is 0 Å². The van der Waals surface area contributed by atoms with Crippen LogP contribution in [0.4, 0.5) is 0 Å². The van der Waals surface area contributed by atoms with Gasteiger partial charge in [0.25, 0.3) is 0 Å². The normalized spacial score (nSPS) is 12.9. The van der Waals surface area contributed by atoms with Crippen LogP contribution in [-0.4, -0.2) is 0 Å². The van der Waals surface area contributed by atoms with E-state index in [1.807, 2.05) is 18.2 Å². The average molecular weight is 264 g/mol. The average Bonchev–Trinajstić information content (AvgIpc) is 2.85. The quantitative estimate of drug-likeness (QED) is 0.529. The molecule has 3 aromatic rings. The third kappa shape index (κ3) is 2.03. The van der Waals surface area contributed by atoms with Crippen LogP contribution in [0.15, 0.2) is 53.5 Å². The molecule has 0 saturated carbocycles.